The highest BCUT2D eigenvalue weighted by Gasteiger charge is 2.10. The van der Waals surface area contributed by atoms with Crippen molar-refractivity contribution in [3.63, 3.8) is 0 Å². The van der Waals surface area contributed by atoms with E-state index < -0.39 is 0 Å². The maximum Gasteiger partial charge on any atom is 0.271 e. The van der Waals surface area contributed by atoms with E-state index in [1.54, 1.807) is 18.3 Å². The van der Waals surface area contributed by atoms with Crippen molar-refractivity contribution in [1.82, 2.24) is 9.99 Å². The van der Waals surface area contributed by atoms with E-state index in [9.17, 15) is 4.79 Å². The number of amides is 1. The van der Waals surface area contributed by atoms with Crippen LogP contribution in [0.3, 0.4) is 0 Å². The zero-order chi connectivity index (χ0) is 19.6. The quantitative estimate of drug-likeness (QED) is 0.529. The molecule has 4 heteroatoms. The van der Waals surface area contributed by atoms with Crippen molar-refractivity contribution in [2.24, 2.45) is 5.10 Å². The number of carbonyl (C=O) groups is 1. The van der Waals surface area contributed by atoms with E-state index in [0.717, 1.165) is 28.2 Å². The lowest BCUT2D eigenvalue weighted by Crippen LogP contribution is -2.17. The molecule has 0 aliphatic heterocycles. The lowest BCUT2D eigenvalue weighted by molar-refractivity contribution is 0.0955. The third kappa shape index (κ3) is 4.17. The zero-order valence-corrected chi connectivity index (χ0v) is 16.5. The van der Waals surface area contributed by atoms with Crippen molar-refractivity contribution in [2.75, 3.05) is 0 Å². The van der Waals surface area contributed by atoms with Gasteiger partial charge >= 0.3 is 0 Å². The molecular formula is C23H25N3O. The molecule has 3 rings (SSSR count). The topological polar surface area (TPSA) is 46.4 Å². The Labute approximate surface area is 160 Å². The molecule has 138 valence electrons. The van der Waals surface area contributed by atoms with Crippen molar-refractivity contribution >= 4 is 12.1 Å². The molecule has 0 saturated carbocycles. The third-order valence-corrected chi connectivity index (χ3v) is 4.62. The van der Waals surface area contributed by atoms with Crippen LogP contribution in [0.25, 0.3) is 5.69 Å². The second kappa shape index (κ2) is 7.62. The van der Waals surface area contributed by atoms with E-state index in [4.69, 9.17) is 0 Å². The van der Waals surface area contributed by atoms with Gasteiger partial charge in [-0.15, -0.1) is 0 Å². The van der Waals surface area contributed by atoms with Crippen LogP contribution in [0.5, 0.6) is 0 Å². The van der Waals surface area contributed by atoms with Crippen LogP contribution in [0.15, 0.2) is 53.6 Å². The van der Waals surface area contributed by atoms with E-state index in [0.29, 0.717) is 5.56 Å². The Hall–Kier alpha value is -3.14. The summed E-state index contributed by atoms with van der Waals surface area (Å²) in [6.45, 7) is 10.3. The second-order valence-electron chi connectivity index (χ2n) is 7.07. The van der Waals surface area contributed by atoms with Gasteiger partial charge in [0.2, 0.25) is 0 Å². The summed E-state index contributed by atoms with van der Waals surface area (Å²) >= 11 is 0. The summed E-state index contributed by atoms with van der Waals surface area (Å²) < 4.78 is 2.21. The summed E-state index contributed by atoms with van der Waals surface area (Å²) in [5.74, 6) is -0.214. The summed E-state index contributed by atoms with van der Waals surface area (Å²) in [6, 6.07) is 16.0. The van der Waals surface area contributed by atoms with Gasteiger partial charge in [-0.2, -0.15) is 5.10 Å². The number of rotatable bonds is 4. The first kappa shape index (κ1) is 18.6. The molecule has 0 unspecified atom stereocenters. The lowest BCUT2D eigenvalue weighted by Gasteiger charge is -2.11. The maximum atomic E-state index is 12.2. The summed E-state index contributed by atoms with van der Waals surface area (Å²) in [6.07, 6.45) is 1.70. The number of carbonyl (C=O) groups excluding carboxylic acids is 1. The molecule has 0 aliphatic rings. The monoisotopic (exact) mass is 359 g/mol. The summed E-state index contributed by atoms with van der Waals surface area (Å²) in [5.41, 5.74) is 11.1. The van der Waals surface area contributed by atoms with Gasteiger partial charge in [-0.3, -0.25) is 4.79 Å². The van der Waals surface area contributed by atoms with Gasteiger partial charge in [-0.1, -0.05) is 23.8 Å². The van der Waals surface area contributed by atoms with Crippen molar-refractivity contribution in [1.29, 1.82) is 0 Å². The Morgan fingerprint density at radius 3 is 2.15 bits per heavy atom. The molecule has 0 bridgehead atoms. The molecular weight excluding hydrogens is 334 g/mol. The number of nitrogens with one attached hydrogen (secondary N) is 1. The van der Waals surface area contributed by atoms with Crippen LogP contribution in [0.1, 0.15) is 44.0 Å². The van der Waals surface area contributed by atoms with E-state index in [-0.39, 0.29) is 5.91 Å². The van der Waals surface area contributed by atoms with E-state index in [2.05, 4.69) is 67.1 Å². The minimum absolute atomic E-state index is 0.214. The predicted molar refractivity (Wildman–Crippen MR) is 111 cm³/mol. The molecule has 0 fully saturated rings. The molecule has 2 aromatic carbocycles. The van der Waals surface area contributed by atoms with Crippen molar-refractivity contribution < 1.29 is 4.79 Å². The first-order chi connectivity index (χ1) is 12.8. The van der Waals surface area contributed by atoms with Gasteiger partial charge in [-0.25, -0.2) is 5.43 Å². The SMILES string of the molecule is Cc1ccc(C(=O)N/N=C\c2cc(C)n(-c3cc(C)cc(C)c3)c2C)cc1. The number of hydrogen-bond donors (Lipinski definition) is 1. The molecule has 4 nitrogen and oxygen atoms in total. The number of benzene rings is 2. The van der Waals surface area contributed by atoms with E-state index in [1.165, 1.54) is 11.1 Å². The van der Waals surface area contributed by atoms with Crippen LogP contribution < -0.4 is 5.43 Å². The zero-order valence-electron chi connectivity index (χ0n) is 16.5. The van der Waals surface area contributed by atoms with Crippen LogP contribution in [-0.2, 0) is 0 Å². The van der Waals surface area contributed by atoms with Gasteiger partial charge in [0.05, 0.1) is 6.21 Å². The van der Waals surface area contributed by atoms with Gasteiger partial charge in [0.1, 0.15) is 0 Å². The fourth-order valence-corrected chi connectivity index (χ4v) is 3.33. The number of aryl methyl sites for hydroxylation is 4. The van der Waals surface area contributed by atoms with Crippen LogP contribution in [0.2, 0.25) is 0 Å². The first-order valence-corrected chi connectivity index (χ1v) is 9.03. The van der Waals surface area contributed by atoms with Crippen molar-refractivity contribution in [2.45, 2.75) is 34.6 Å². The first-order valence-electron chi connectivity index (χ1n) is 9.03. The molecule has 0 saturated heterocycles. The number of nitrogens with zero attached hydrogens (tertiary/aromatic N) is 2. The van der Waals surface area contributed by atoms with E-state index >= 15 is 0 Å². The largest absolute Gasteiger partial charge is 0.318 e. The molecule has 0 spiro atoms. The minimum Gasteiger partial charge on any atom is -0.318 e. The van der Waals surface area contributed by atoms with Crippen LogP contribution in [0.4, 0.5) is 0 Å². The van der Waals surface area contributed by atoms with Gasteiger partial charge in [-0.05, 0) is 76.1 Å². The summed E-state index contributed by atoms with van der Waals surface area (Å²) in [5, 5.41) is 4.15. The Kier molecular flexibility index (Phi) is 5.26. The molecule has 0 atom stereocenters. The lowest BCUT2D eigenvalue weighted by atomic mass is 10.1. The second-order valence-corrected chi connectivity index (χ2v) is 7.07. The highest BCUT2D eigenvalue weighted by atomic mass is 16.2. The smallest absolute Gasteiger partial charge is 0.271 e. The third-order valence-electron chi connectivity index (χ3n) is 4.62. The number of hydrogen-bond acceptors (Lipinski definition) is 2. The Balaban J connectivity index is 1.81. The van der Waals surface area contributed by atoms with Crippen molar-refractivity contribution in [3.8, 4) is 5.69 Å². The average molecular weight is 359 g/mol. The molecule has 27 heavy (non-hydrogen) atoms. The van der Waals surface area contributed by atoms with Gasteiger partial charge in [0, 0.05) is 28.2 Å². The van der Waals surface area contributed by atoms with Crippen LogP contribution in [0, 0.1) is 34.6 Å². The van der Waals surface area contributed by atoms with E-state index in [1.807, 2.05) is 19.1 Å². The summed E-state index contributed by atoms with van der Waals surface area (Å²) in [4.78, 5) is 12.2. The molecule has 1 N–H and O–H groups in total. The molecule has 1 amide bonds. The van der Waals surface area contributed by atoms with Gasteiger partial charge in [0.15, 0.2) is 0 Å². The Bertz CT molecular complexity index is 991. The minimum atomic E-state index is -0.214. The maximum absolute atomic E-state index is 12.2. The molecule has 1 heterocycles. The van der Waals surface area contributed by atoms with Gasteiger partial charge < -0.3 is 4.57 Å². The molecule has 1 aromatic heterocycles. The normalized spacial score (nSPS) is 11.1. The molecule has 0 radical (unpaired) electrons. The fourth-order valence-electron chi connectivity index (χ4n) is 3.33. The highest BCUT2D eigenvalue weighted by Crippen LogP contribution is 2.21. The standard InChI is InChI=1S/C23H25N3O/c1-15-6-8-20(9-7-15)23(27)25-24-14-21-13-18(4)26(19(21)5)22-11-16(2)10-17(3)12-22/h6-14H,1-5H3,(H,25,27)/b24-14-. The average Bonchev–Trinajstić information content (AvgIpc) is 2.88. The molecule has 0 aliphatic carbocycles. The number of hydrazone groups is 1. The fraction of sp³-hybridized carbons (Fsp3) is 0.217. The summed E-state index contributed by atoms with van der Waals surface area (Å²) in [7, 11) is 0. The predicted octanol–water partition coefficient (Wildman–Crippen LogP) is 4.78. The Morgan fingerprint density at radius 1 is 0.889 bits per heavy atom. The Morgan fingerprint density at radius 2 is 1.52 bits per heavy atom. The molecule has 3 aromatic rings. The highest BCUT2D eigenvalue weighted by molar-refractivity contribution is 5.95. The van der Waals surface area contributed by atoms with Gasteiger partial charge in [0.25, 0.3) is 5.91 Å². The van der Waals surface area contributed by atoms with Crippen molar-refractivity contribution in [3.05, 3.63) is 87.7 Å². The van der Waals surface area contributed by atoms with Crippen LogP contribution in [-0.4, -0.2) is 16.7 Å². The van der Waals surface area contributed by atoms with Crippen LogP contribution >= 0.6 is 0 Å². The number of aromatic nitrogens is 1.